The summed E-state index contributed by atoms with van der Waals surface area (Å²) < 4.78 is 11.7. The van der Waals surface area contributed by atoms with Crippen molar-refractivity contribution in [1.82, 2.24) is 77.7 Å². The molecule has 8 rings (SSSR count). The largest absolute Gasteiger partial charge is 0.481 e. The van der Waals surface area contributed by atoms with Gasteiger partial charge >= 0.3 is 5.97 Å². The number of aryl methyl sites for hydroxylation is 8. The average Bonchev–Trinajstić information content (AvgIpc) is 1.89. The lowest BCUT2D eigenvalue weighted by Gasteiger charge is -2.06. The Bertz CT molecular complexity index is 4240. The number of carbonyl (C=O) groups is 12. The zero-order chi connectivity index (χ0) is 67.4. The zero-order valence-corrected chi connectivity index (χ0v) is 51.6. The molecule has 11 amide bonds. The van der Waals surface area contributed by atoms with Crippen molar-refractivity contribution in [2.75, 3.05) is 63.4 Å². The second-order valence-corrected chi connectivity index (χ2v) is 21.2. The fourth-order valence-electron chi connectivity index (χ4n) is 9.27. The monoisotopic (exact) mass is 1280 g/mol. The van der Waals surface area contributed by atoms with Crippen LogP contribution >= 0.6 is 0 Å². The van der Waals surface area contributed by atoms with Crippen LogP contribution in [0.25, 0.3) is 0 Å². The summed E-state index contributed by atoms with van der Waals surface area (Å²) in [6.45, 7) is -0.110. The Balaban J connectivity index is 0.710. The van der Waals surface area contributed by atoms with Crippen molar-refractivity contribution in [2.45, 2.75) is 32.1 Å². The minimum Gasteiger partial charge on any atom is -0.481 e. The van der Waals surface area contributed by atoms with Crippen LogP contribution in [0.1, 0.15) is 117 Å². The van der Waals surface area contributed by atoms with Gasteiger partial charge in [0.2, 0.25) is 35.2 Å². The zero-order valence-electron chi connectivity index (χ0n) is 51.6. The fourth-order valence-corrected chi connectivity index (χ4v) is 9.27. The molecule has 12 N–H and O–H groups in total. The van der Waals surface area contributed by atoms with Crippen LogP contribution in [0.5, 0.6) is 0 Å². The van der Waals surface area contributed by atoms with E-state index in [0.29, 0.717) is 5.69 Å². The Morgan fingerprint density at radius 2 is 0.645 bits per heavy atom. The maximum atomic E-state index is 13.3. The number of aromatic nitrogens is 12. The number of anilines is 7. The number of hydrogen-bond donors (Lipinski definition) is 12. The van der Waals surface area contributed by atoms with E-state index in [0.717, 1.165) is 0 Å². The average molecular weight is 1280 g/mol. The lowest BCUT2D eigenvalue weighted by Crippen LogP contribution is -2.29. The molecule has 0 saturated carbocycles. The maximum absolute atomic E-state index is 13.3. The van der Waals surface area contributed by atoms with Gasteiger partial charge in [-0.15, -0.1) is 0 Å². The van der Waals surface area contributed by atoms with Crippen LogP contribution < -0.4 is 58.5 Å². The predicted molar refractivity (Wildman–Crippen MR) is 332 cm³/mol. The summed E-state index contributed by atoms with van der Waals surface area (Å²) in [4.78, 5) is 170. The second kappa shape index (κ2) is 29.3. The number of rotatable bonds is 28. The first-order valence-electron chi connectivity index (χ1n) is 28.4. The van der Waals surface area contributed by atoms with E-state index in [-0.39, 0.29) is 139 Å². The molecular formula is C57H67N23O13. The van der Waals surface area contributed by atoms with Crippen LogP contribution in [0, 0.1) is 0 Å². The molecule has 8 heterocycles. The van der Waals surface area contributed by atoms with Crippen molar-refractivity contribution in [1.29, 1.82) is 0 Å². The van der Waals surface area contributed by atoms with Crippen LogP contribution in [0.15, 0.2) is 80.0 Å². The predicted octanol–water partition coefficient (Wildman–Crippen LogP) is 0.854. The third kappa shape index (κ3) is 17.3. The first-order valence-corrected chi connectivity index (χ1v) is 28.4. The smallest absolute Gasteiger partial charge is 0.305 e. The molecular weight excluding hydrogens is 1210 g/mol. The Morgan fingerprint density at radius 3 is 0.957 bits per heavy atom. The van der Waals surface area contributed by atoms with E-state index in [9.17, 15) is 57.5 Å². The van der Waals surface area contributed by atoms with Crippen molar-refractivity contribution in [2.24, 2.45) is 56.4 Å². The number of aliphatic carboxylic acids is 1. The molecule has 0 aliphatic carbocycles. The molecule has 0 aromatic carbocycles. The summed E-state index contributed by atoms with van der Waals surface area (Å²) in [5.74, 6) is -6.77. The molecule has 0 atom stereocenters. The summed E-state index contributed by atoms with van der Waals surface area (Å²) in [5.41, 5.74) is 1.91. The molecule has 0 bridgehead atoms. The number of imidazole rings is 4. The van der Waals surface area contributed by atoms with E-state index in [1.165, 1.54) is 107 Å². The van der Waals surface area contributed by atoms with Crippen LogP contribution in [-0.4, -0.2) is 159 Å². The Morgan fingerprint density at radius 1 is 0.344 bits per heavy atom. The number of carbonyl (C=O) groups excluding carboxylic acids is 11. The number of carboxylic acid groups (broad SMARTS) is 1. The number of hydrogen-bond acceptors (Lipinski definition) is 16. The molecule has 0 unspecified atom stereocenters. The second-order valence-electron chi connectivity index (χ2n) is 21.2. The molecule has 0 fully saturated rings. The molecule has 93 heavy (non-hydrogen) atoms. The van der Waals surface area contributed by atoms with Crippen molar-refractivity contribution in [3.63, 3.8) is 0 Å². The minimum absolute atomic E-state index is 0.0309. The molecule has 0 spiro atoms. The molecule has 8 aromatic rings. The minimum atomic E-state index is -1.07. The van der Waals surface area contributed by atoms with Crippen LogP contribution in [0.3, 0.4) is 0 Å². The maximum Gasteiger partial charge on any atom is 0.305 e. The highest BCUT2D eigenvalue weighted by atomic mass is 16.4. The Hall–Kier alpha value is -12.4. The van der Waals surface area contributed by atoms with Gasteiger partial charge in [-0.25, -0.2) is 19.9 Å². The molecule has 0 aliphatic rings. The lowest BCUT2D eigenvalue weighted by molar-refractivity contribution is -0.136. The van der Waals surface area contributed by atoms with E-state index in [1.807, 2.05) is 0 Å². The molecule has 0 saturated heterocycles. The van der Waals surface area contributed by atoms with E-state index in [4.69, 9.17) is 5.11 Å². The highest BCUT2D eigenvalue weighted by Crippen LogP contribution is 2.20. The van der Waals surface area contributed by atoms with E-state index >= 15 is 0 Å². The van der Waals surface area contributed by atoms with Crippen LogP contribution in [0.4, 0.5) is 40.2 Å². The summed E-state index contributed by atoms with van der Waals surface area (Å²) in [6, 6.07) is 5.77. The summed E-state index contributed by atoms with van der Waals surface area (Å²) in [5, 5.41) is 37.9. The van der Waals surface area contributed by atoms with Crippen molar-refractivity contribution in [3.05, 3.63) is 126 Å². The number of carboxylic acids is 1. The molecule has 488 valence electrons. The van der Waals surface area contributed by atoms with Gasteiger partial charge in [0.05, 0.1) is 29.2 Å². The van der Waals surface area contributed by atoms with Gasteiger partial charge in [0.1, 0.15) is 22.8 Å². The lowest BCUT2D eigenvalue weighted by atomic mass is 10.3. The molecule has 36 nitrogen and oxygen atoms in total. The molecule has 36 heteroatoms. The van der Waals surface area contributed by atoms with Crippen molar-refractivity contribution >= 4 is 111 Å². The van der Waals surface area contributed by atoms with E-state index in [1.54, 1.807) is 66.3 Å². The topological polar surface area (TPSA) is 448 Å². The van der Waals surface area contributed by atoms with Crippen LogP contribution in [0.2, 0.25) is 0 Å². The number of nitrogens with zero attached hydrogens (tertiary/aromatic N) is 12. The highest BCUT2D eigenvalue weighted by Gasteiger charge is 2.24. The summed E-state index contributed by atoms with van der Waals surface area (Å²) >= 11 is 0. The first-order chi connectivity index (χ1) is 44.2. The third-order valence-corrected chi connectivity index (χ3v) is 13.8. The van der Waals surface area contributed by atoms with E-state index < -0.39 is 70.9 Å². The quantitative estimate of drug-likeness (QED) is 0.0303. The van der Waals surface area contributed by atoms with Gasteiger partial charge in [-0.2, -0.15) is 0 Å². The van der Waals surface area contributed by atoms with Crippen molar-refractivity contribution in [3.8, 4) is 0 Å². The normalized spacial score (nSPS) is 10.9. The van der Waals surface area contributed by atoms with Gasteiger partial charge in [-0.05, 0) is 30.7 Å². The van der Waals surface area contributed by atoms with Gasteiger partial charge < -0.3 is 100 Å². The van der Waals surface area contributed by atoms with Gasteiger partial charge in [-0.1, -0.05) is 0 Å². The molecule has 0 aliphatic heterocycles. The van der Waals surface area contributed by atoms with Gasteiger partial charge in [0.15, 0.2) is 23.3 Å². The first kappa shape index (κ1) is 66.6. The van der Waals surface area contributed by atoms with Crippen LogP contribution in [-0.2, 0) is 75.6 Å². The summed E-state index contributed by atoms with van der Waals surface area (Å²) in [6.07, 6.45) is 13.1. The van der Waals surface area contributed by atoms with E-state index in [2.05, 4.69) is 78.4 Å². The number of amides is 11. The Labute approximate surface area is 527 Å². The molecule has 0 radical (unpaired) electrons. The third-order valence-electron chi connectivity index (χ3n) is 13.8. The fraction of sp³-hybridized carbons (Fsp3) is 0.298. The number of nitrogens with one attached hydrogen (secondary N) is 11. The molecule has 8 aromatic heterocycles. The van der Waals surface area contributed by atoms with Gasteiger partial charge in [-0.3, -0.25) is 57.5 Å². The highest BCUT2D eigenvalue weighted by molar-refractivity contribution is 6.07. The Kier molecular flexibility index (Phi) is 21.0. The van der Waals surface area contributed by atoms with Crippen molar-refractivity contribution < 1.29 is 62.6 Å². The standard InChI is InChI=1S/C57H67N23O13/c1-73-19-18-58-46(73)54(90)63-31-20-36(75(3)24-31)51(87)60-15-11-43(82)68-40-29-79(7)48(71-40)56(92)64-32-21-35(74(2)25-32)50(86)59-14-9-10-42(81)67-39-28-78(6)47(70-39)55(91)65-33-22-37(76(4)26-33)52(88)61-16-12-44(83)69-41-30-80(8)49(72-41)57(93)66-34-23-38(77(5)27-34)53(89)62-17-13-45(84)85/h18-30H,9-17H2,1-8H3,(H,59,86)(H,60,87)(H,61,88)(H,62,89)(H,63,90)(H,64,92)(H,65,91)(H,66,93)(H,67,81)(H,68,82)(H,69,83)(H,84,85). The van der Waals surface area contributed by atoms with Gasteiger partial charge in [0, 0.05) is 158 Å². The SMILES string of the molecule is Cn1cc(NC(=O)c2nc(NC(=O)CCNC(=O)c3cc(NC(=O)c4nccn4C)cn3C)cn2C)cc1C(=O)NCCCC(=O)Nc1cn(C)c(C(=O)Nc2cc(C(=O)NCCC(=O)Nc3cn(C)c(C(=O)Nc4cc(C(=O)NCCC(=O)O)n(C)c4)n3)n(C)c2)n1. The summed E-state index contributed by atoms with van der Waals surface area (Å²) in [7, 11) is 12.7. The van der Waals surface area contributed by atoms with Gasteiger partial charge in [0.25, 0.3) is 47.3 Å².